The van der Waals surface area contributed by atoms with Crippen molar-refractivity contribution < 1.29 is 9.31 Å². The lowest BCUT2D eigenvalue weighted by molar-refractivity contribution is 0.460. The van der Waals surface area contributed by atoms with Gasteiger partial charge in [0.05, 0.1) is 23.4 Å². The van der Waals surface area contributed by atoms with Crippen LogP contribution >= 0.6 is 0 Å². The van der Waals surface area contributed by atoms with E-state index in [9.17, 15) is 0 Å². The first-order valence-corrected chi connectivity index (χ1v) is 7.30. The molecule has 0 unspecified atom stereocenters. The fourth-order valence-corrected chi connectivity index (χ4v) is 2.63. The van der Waals surface area contributed by atoms with E-state index in [2.05, 4.69) is 10.2 Å². The fourth-order valence-electron chi connectivity index (χ4n) is 2.63. The topological polar surface area (TPSA) is 54.1 Å². The third kappa shape index (κ3) is 2.50. The third-order valence-electron chi connectivity index (χ3n) is 3.89. The molecule has 0 aliphatic rings. The van der Waals surface area contributed by atoms with Gasteiger partial charge in [0.25, 0.3) is 0 Å². The molecule has 2 aromatic carbocycles. The molecule has 4 aromatic rings. The van der Waals surface area contributed by atoms with Crippen LogP contribution in [0.25, 0.3) is 21.8 Å². The summed E-state index contributed by atoms with van der Waals surface area (Å²) in [5.41, 5.74) is 2.14. The molecule has 7 heteroatoms. The van der Waals surface area contributed by atoms with Crippen LogP contribution < -0.4 is 9.31 Å². The second-order valence-electron chi connectivity index (χ2n) is 5.38. The highest BCUT2D eigenvalue weighted by atomic mass is 16.6. The van der Waals surface area contributed by atoms with Gasteiger partial charge in [0.1, 0.15) is 11.5 Å². The van der Waals surface area contributed by atoms with E-state index in [1.165, 1.54) is 0 Å². The van der Waals surface area contributed by atoms with Crippen molar-refractivity contribution in [1.82, 2.24) is 19.6 Å². The van der Waals surface area contributed by atoms with Gasteiger partial charge in [0.2, 0.25) is 0 Å². The average molecular weight is 306 g/mol. The molecular weight excluding hydrogens is 291 g/mol. The molecule has 0 atom stereocenters. The van der Waals surface area contributed by atoms with Crippen molar-refractivity contribution in [2.75, 3.05) is 0 Å². The highest BCUT2D eigenvalue weighted by molar-refractivity contribution is 6.20. The van der Waals surface area contributed by atoms with Gasteiger partial charge in [-0.1, -0.05) is 0 Å². The molecular formula is C16H15BN4O2. The number of hydrogen-bond donors (Lipinski definition) is 0. The van der Waals surface area contributed by atoms with E-state index in [-0.39, 0.29) is 7.69 Å². The first-order chi connectivity index (χ1) is 11.2. The van der Waals surface area contributed by atoms with Crippen molar-refractivity contribution in [1.29, 1.82) is 0 Å². The summed E-state index contributed by atoms with van der Waals surface area (Å²) < 4.78 is 15.0. The number of fused-ring (bicyclic) bond motifs is 2. The number of rotatable bonds is 4. The second kappa shape index (κ2) is 5.35. The molecule has 0 saturated carbocycles. The maximum Gasteiger partial charge on any atom is 0.576 e. The fraction of sp³-hybridized carbons (Fsp3) is 0.125. The molecule has 2 heterocycles. The quantitative estimate of drug-likeness (QED) is 0.542. The van der Waals surface area contributed by atoms with Gasteiger partial charge in [-0.15, -0.1) is 0 Å². The summed E-state index contributed by atoms with van der Waals surface area (Å²) in [5.74, 6) is 1.51. The third-order valence-corrected chi connectivity index (χ3v) is 3.89. The molecule has 0 N–H and O–H groups in total. The first kappa shape index (κ1) is 13.7. The molecule has 0 spiro atoms. The summed E-state index contributed by atoms with van der Waals surface area (Å²) in [7, 11) is 3.98. The number of aryl methyl sites for hydroxylation is 2. The number of nitrogens with zero attached hydrogens (tertiary/aromatic N) is 4. The molecule has 0 aliphatic carbocycles. The minimum absolute atomic E-state index is 0.150. The molecule has 114 valence electrons. The Morgan fingerprint density at radius 1 is 0.783 bits per heavy atom. The SMILES string of the molecule is Cn1ncc2cc(OBOc3ccc4c(cnn4C)c3)ccc21. The van der Waals surface area contributed by atoms with Crippen LogP contribution in [0.15, 0.2) is 48.8 Å². The highest BCUT2D eigenvalue weighted by Gasteiger charge is 2.05. The Bertz CT molecular complexity index is 912. The van der Waals surface area contributed by atoms with Crippen LogP contribution in [0.1, 0.15) is 0 Å². The Kier molecular flexibility index (Phi) is 3.18. The maximum atomic E-state index is 5.66. The molecule has 23 heavy (non-hydrogen) atoms. The monoisotopic (exact) mass is 306 g/mol. The molecule has 4 rings (SSSR count). The van der Waals surface area contributed by atoms with Gasteiger partial charge in [-0.05, 0) is 36.4 Å². The lowest BCUT2D eigenvalue weighted by atomic mass is 10.2. The highest BCUT2D eigenvalue weighted by Crippen LogP contribution is 2.22. The Hall–Kier alpha value is -2.96. The first-order valence-electron chi connectivity index (χ1n) is 7.30. The van der Waals surface area contributed by atoms with Crippen molar-refractivity contribution in [3.8, 4) is 11.5 Å². The van der Waals surface area contributed by atoms with Crippen molar-refractivity contribution in [3.05, 3.63) is 48.8 Å². The smallest absolute Gasteiger partial charge is 0.529 e. The Labute approximate surface area is 133 Å². The number of hydrogen-bond acceptors (Lipinski definition) is 4. The Morgan fingerprint density at radius 3 is 1.74 bits per heavy atom. The normalized spacial score (nSPS) is 11.0. The van der Waals surface area contributed by atoms with Gasteiger partial charge in [-0.3, -0.25) is 9.36 Å². The van der Waals surface area contributed by atoms with E-state index in [4.69, 9.17) is 9.31 Å². The number of aromatic nitrogens is 4. The summed E-state index contributed by atoms with van der Waals surface area (Å²) in [4.78, 5) is 0. The van der Waals surface area contributed by atoms with Gasteiger partial charge in [-0.25, -0.2) is 0 Å². The molecule has 0 aliphatic heterocycles. The van der Waals surface area contributed by atoms with Crippen LogP contribution in [-0.2, 0) is 14.1 Å². The van der Waals surface area contributed by atoms with Gasteiger partial charge in [0.15, 0.2) is 0 Å². The molecule has 2 aromatic heterocycles. The minimum Gasteiger partial charge on any atom is -0.529 e. The van der Waals surface area contributed by atoms with Crippen LogP contribution in [0.4, 0.5) is 0 Å². The minimum atomic E-state index is 0.150. The van der Waals surface area contributed by atoms with Crippen LogP contribution in [0.5, 0.6) is 11.5 Å². The maximum absolute atomic E-state index is 5.66. The van der Waals surface area contributed by atoms with E-state index in [0.29, 0.717) is 0 Å². The van der Waals surface area contributed by atoms with Crippen LogP contribution in [-0.4, -0.2) is 27.2 Å². The second-order valence-corrected chi connectivity index (χ2v) is 5.38. The van der Waals surface area contributed by atoms with Crippen LogP contribution in [0.3, 0.4) is 0 Å². The molecule has 0 radical (unpaired) electrons. The molecule has 0 fully saturated rings. The number of benzene rings is 2. The largest absolute Gasteiger partial charge is 0.576 e. The van der Waals surface area contributed by atoms with Crippen molar-refractivity contribution >= 4 is 29.5 Å². The van der Waals surface area contributed by atoms with E-state index >= 15 is 0 Å². The summed E-state index contributed by atoms with van der Waals surface area (Å²) in [6.07, 6.45) is 3.64. The Balaban J connectivity index is 1.45. The molecule has 0 amide bonds. The lowest BCUT2D eigenvalue weighted by Gasteiger charge is -2.08. The summed E-state index contributed by atoms with van der Waals surface area (Å²) in [6, 6.07) is 11.7. The standard InChI is InChI=1S/C16H15BN4O2/c1-20-15-5-3-13(7-11(15)9-18-20)22-17-23-14-4-6-16-12(8-14)10-19-21(16)2/h3-10,17H,1-2H3. The van der Waals surface area contributed by atoms with E-state index in [1.54, 1.807) is 0 Å². The predicted molar refractivity (Wildman–Crippen MR) is 89.8 cm³/mol. The zero-order chi connectivity index (χ0) is 15.8. The van der Waals surface area contributed by atoms with Gasteiger partial charge in [-0.2, -0.15) is 10.2 Å². The van der Waals surface area contributed by atoms with Gasteiger partial charge in [0, 0.05) is 24.9 Å². The Morgan fingerprint density at radius 2 is 1.26 bits per heavy atom. The zero-order valence-electron chi connectivity index (χ0n) is 12.9. The van der Waals surface area contributed by atoms with E-state index < -0.39 is 0 Å². The molecule has 6 nitrogen and oxygen atoms in total. The van der Waals surface area contributed by atoms with E-state index in [0.717, 1.165) is 33.3 Å². The van der Waals surface area contributed by atoms with E-state index in [1.807, 2.05) is 72.3 Å². The van der Waals surface area contributed by atoms with Crippen molar-refractivity contribution in [2.24, 2.45) is 14.1 Å². The zero-order valence-corrected chi connectivity index (χ0v) is 12.9. The predicted octanol–water partition coefficient (Wildman–Crippen LogP) is 2.18. The summed E-state index contributed by atoms with van der Waals surface area (Å²) >= 11 is 0. The van der Waals surface area contributed by atoms with Gasteiger partial charge < -0.3 is 9.31 Å². The van der Waals surface area contributed by atoms with Gasteiger partial charge >= 0.3 is 7.69 Å². The average Bonchev–Trinajstić information content (AvgIpc) is 3.11. The van der Waals surface area contributed by atoms with Crippen molar-refractivity contribution in [3.63, 3.8) is 0 Å². The van der Waals surface area contributed by atoms with Crippen LogP contribution in [0.2, 0.25) is 0 Å². The van der Waals surface area contributed by atoms with Crippen LogP contribution in [0, 0.1) is 0 Å². The summed E-state index contributed by atoms with van der Waals surface area (Å²) in [6.45, 7) is 0. The summed E-state index contributed by atoms with van der Waals surface area (Å²) in [5, 5.41) is 10.5. The molecule has 0 bridgehead atoms. The van der Waals surface area contributed by atoms with Crippen molar-refractivity contribution in [2.45, 2.75) is 0 Å². The molecule has 0 saturated heterocycles. The lowest BCUT2D eigenvalue weighted by Crippen LogP contribution is -2.10.